The molecule has 0 saturated heterocycles. The number of hydrogen-bond donors (Lipinski definition) is 0. The fourth-order valence-corrected chi connectivity index (χ4v) is 2.12. The van der Waals surface area contributed by atoms with Crippen LogP contribution in [0, 0.1) is 0 Å². The van der Waals surface area contributed by atoms with Crippen molar-refractivity contribution in [3.63, 3.8) is 0 Å². The molecule has 20 heavy (non-hydrogen) atoms. The highest BCUT2D eigenvalue weighted by atomic mass is 79.9. The summed E-state index contributed by atoms with van der Waals surface area (Å²) >= 11 is 9.34. The van der Waals surface area contributed by atoms with Crippen molar-refractivity contribution in [2.24, 2.45) is 0 Å². The molecule has 0 unspecified atom stereocenters. The molecule has 0 spiro atoms. The van der Waals surface area contributed by atoms with Crippen LogP contribution in [0.1, 0.15) is 16.1 Å². The average molecular weight is 358 g/mol. The van der Waals surface area contributed by atoms with Crippen LogP contribution in [0.2, 0.25) is 5.02 Å². The third kappa shape index (κ3) is 2.91. The summed E-state index contributed by atoms with van der Waals surface area (Å²) in [7, 11) is 2.86. The molecule has 0 radical (unpaired) electrons. The third-order valence-corrected chi connectivity index (χ3v) is 3.33. The molecule has 1 aromatic heterocycles. The zero-order chi connectivity index (χ0) is 14.7. The Morgan fingerprint density at radius 3 is 2.70 bits per heavy atom. The maximum Gasteiger partial charge on any atom is 0.247 e. The maximum atomic E-state index is 12.5. The van der Waals surface area contributed by atoms with Gasteiger partial charge in [0.25, 0.3) is 0 Å². The number of aromatic nitrogens is 2. The van der Waals surface area contributed by atoms with Crippen LogP contribution in [0.15, 0.2) is 28.9 Å². The average Bonchev–Trinajstić information content (AvgIpc) is 2.48. The molecule has 0 bridgehead atoms. The zero-order valence-corrected chi connectivity index (χ0v) is 13.0. The monoisotopic (exact) mass is 356 g/mol. The first-order valence-corrected chi connectivity index (χ1v) is 6.68. The highest BCUT2D eigenvalue weighted by Crippen LogP contribution is 2.26. The highest BCUT2D eigenvalue weighted by Gasteiger charge is 2.21. The molecule has 0 atom stereocenters. The van der Waals surface area contributed by atoms with Gasteiger partial charge in [-0.2, -0.15) is 4.98 Å². The summed E-state index contributed by atoms with van der Waals surface area (Å²) in [5, 5.41) is 0.331. The van der Waals surface area contributed by atoms with Crippen molar-refractivity contribution in [1.82, 2.24) is 9.97 Å². The van der Waals surface area contributed by atoms with Crippen LogP contribution < -0.4 is 9.47 Å². The Kier molecular flexibility index (Phi) is 4.57. The largest absolute Gasteiger partial charge is 0.480 e. The van der Waals surface area contributed by atoms with Gasteiger partial charge in [-0.1, -0.05) is 27.5 Å². The first-order chi connectivity index (χ1) is 9.56. The maximum absolute atomic E-state index is 12.5. The minimum absolute atomic E-state index is 0.0771. The summed E-state index contributed by atoms with van der Waals surface area (Å²) in [5.74, 6) is -0.0209. The van der Waals surface area contributed by atoms with Crippen LogP contribution in [0.25, 0.3) is 0 Å². The van der Waals surface area contributed by atoms with Crippen molar-refractivity contribution >= 4 is 33.3 Å². The van der Waals surface area contributed by atoms with Gasteiger partial charge in [0.15, 0.2) is 5.69 Å². The smallest absolute Gasteiger partial charge is 0.247 e. The highest BCUT2D eigenvalue weighted by molar-refractivity contribution is 9.10. The van der Waals surface area contributed by atoms with E-state index in [4.69, 9.17) is 21.1 Å². The predicted molar refractivity (Wildman–Crippen MR) is 77.7 cm³/mol. The molecule has 1 aromatic carbocycles. The lowest BCUT2D eigenvalue weighted by molar-refractivity contribution is 0.103. The Labute approximate surface area is 129 Å². The first kappa shape index (κ1) is 14.7. The van der Waals surface area contributed by atoms with E-state index in [9.17, 15) is 4.79 Å². The number of ether oxygens (including phenoxy) is 2. The van der Waals surface area contributed by atoms with E-state index in [1.54, 1.807) is 18.2 Å². The summed E-state index contributed by atoms with van der Waals surface area (Å²) in [6.07, 6.45) is 1.35. The van der Waals surface area contributed by atoms with Gasteiger partial charge in [0.2, 0.25) is 17.5 Å². The molecule has 0 aliphatic rings. The second-order valence-corrected chi connectivity index (χ2v) is 5.05. The molecule has 0 N–H and O–H groups in total. The van der Waals surface area contributed by atoms with E-state index in [0.29, 0.717) is 10.6 Å². The van der Waals surface area contributed by atoms with Crippen LogP contribution in [-0.2, 0) is 0 Å². The summed E-state index contributed by atoms with van der Waals surface area (Å²) in [6, 6.07) is 4.99. The lowest BCUT2D eigenvalue weighted by Crippen LogP contribution is -2.09. The quantitative estimate of drug-likeness (QED) is 0.787. The number of ketones is 1. The standard InChI is InChI=1S/C13H10BrClN2O3/c1-19-10-6-16-11(13(17-10)20-2)12(18)8-5-7(14)3-4-9(8)15/h3-6H,1-2H3. The molecule has 5 nitrogen and oxygen atoms in total. The number of nitrogens with zero attached hydrogens (tertiary/aromatic N) is 2. The van der Waals surface area contributed by atoms with E-state index in [-0.39, 0.29) is 23.2 Å². The van der Waals surface area contributed by atoms with E-state index in [1.807, 2.05) is 0 Å². The lowest BCUT2D eigenvalue weighted by Gasteiger charge is -2.08. The SMILES string of the molecule is COc1cnc(C(=O)c2cc(Br)ccc2Cl)c(OC)n1. The van der Waals surface area contributed by atoms with Gasteiger partial charge in [0.1, 0.15) is 0 Å². The van der Waals surface area contributed by atoms with Crippen molar-refractivity contribution in [3.05, 3.63) is 45.1 Å². The Morgan fingerprint density at radius 2 is 2.05 bits per heavy atom. The van der Waals surface area contributed by atoms with Crippen molar-refractivity contribution in [2.75, 3.05) is 14.2 Å². The number of methoxy groups -OCH3 is 2. The summed E-state index contributed by atoms with van der Waals surface area (Å²) in [6.45, 7) is 0. The summed E-state index contributed by atoms with van der Waals surface area (Å²) < 4.78 is 10.8. The fourth-order valence-electron chi connectivity index (χ4n) is 1.55. The van der Waals surface area contributed by atoms with Crippen LogP contribution in [0.3, 0.4) is 0 Å². The van der Waals surface area contributed by atoms with Gasteiger partial charge >= 0.3 is 0 Å². The Bertz CT molecular complexity index is 664. The Morgan fingerprint density at radius 1 is 1.30 bits per heavy atom. The van der Waals surface area contributed by atoms with Crippen molar-refractivity contribution in [3.8, 4) is 11.8 Å². The molecule has 0 aliphatic carbocycles. The van der Waals surface area contributed by atoms with Gasteiger partial charge in [-0.15, -0.1) is 0 Å². The topological polar surface area (TPSA) is 61.3 Å². The van der Waals surface area contributed by atoms with Crippen LogP contribution in [0.5, 0.6) is 11.8 Å². The molecule has 0 saturated carbocycles. The van der Waals surface area contributed by atoms with Crippen LogP contribution >= 0.6 is 27.5 Å². The van der Waals surface area contributed by atoms with Crippen molar-refractivity contribution in [2.45, 2.75) is 0 Å². The molecule has 0 aliphatic heterocycles. The van der Waals surface area contributed by atoms with Crippen molar-refractivity contribution < 1.29 is 14.3 Å². The fraction of sp³-hybridized carbons (Fsp3) is 0.154. The third-order valence-electron chi connectivity index (χ3n) is 2.51. The molecular formula is C13H10BrClN2O3. The van der Waals surface area contributed by atoms with E-state index in [2.05, 4.69) is 25.9 Å². The van der Waals surface area contributed by atoms with Gasteiger partial charge in [-0.3, -0.25) is 4.79 Å². The number of halogens is 2. The minimum Gasteiger partial charge on any atom is -0.480 e. The summed E-state index contributed by atoms with van der Waals surface area (Å²) in [4.78, 5) is 20.5. The van der Waals surface area contributed by atoms with E-state index in [1.165, 1.54) is 20.4 Å². The van der Waals surface area contributed by atoms with E-state index < -0.39 is 0 Å². The van der Waals surface area contributed by atoms with Gasteiger partial charge < -0.3 is 9.47 Å². The molecule has 0 fully saturated rings. The number of rotatable bonds is 4. The number of benzene rings is 1. The van der Waals surface area contributed by atoms with Gasteiger partial charge in [0.05, 0.1) is 25.4 Å². The summed E-state index contributed by atoms with van der Waals surface area (Å²) in [5.41, 5.74) is 0.395. The Hall–Kier alpha value is -1.66. The second-order valence-electron chi connectivity index (χ2n) is 3.72. The normalized spacial score (nSPS) is 10.2. The lowest BCUT2D eigenvalue weighted by atomic mass is 10.1. The second kappa shape index (κ2) is 6.19. The van der Waals surface area contributed by atoms with Gasteiger partial charge in [-0.05, 0) is 18.2 Å². The van der Waals surface area contributed by atoms with Crippen LogP contribution in [-0.4, -0.2) is 30.0 Å². The van der Waals surface area contributed by atoms with Crippen molar-refractivity contribution in [1.29, 1.82) is 0 Å². The number of carbonyl (C=O) groups excluding carboxylic acids is 1. The zero-order valence-electron chi connectivity index (χ0n) is 10.7. The molecule has 1 heterocycles. The molecule has 104 valence electrons. The van der Waals surface area contributed by atoms with Crippen LogP contribution in [0.4, 0.5) is 0 Å². The van der Waals surface area contributed by atoms with E-state index in [0.717, 1.165) is 4.47 Å². The molecular weight excluding hydrogens is 348 g/mol. The molecule has 2 rings (SSSR count). The predicted octanol–water partition coefficient (Wildman–Crippen LogP) is 3.14. The first-order valence-electron chi connectivity index (χ1n) is 5.51. The molecule has 0 amide bonds. The molecule has 7 heteroatoms. The Balaban J connectivity index is 2.50. The van der Waals surface area contributed by atoms with E-state index >= 15 is 0 Å². The number of carbonyl (C=O) groups is 1. The minimum atomic E-state index is -0.372. The number of hydrogen-bond acceptors (Lipinski definition) is 5. The van der Waals surface area contributed by atoms with Gasteiger partial charge in [0, 0.05) is 10.0 Å². The van der Waals surface area contributed by atoms with Gasteiger partial charge in [-0.25, -0.2) is 4.98 Å². The molecule has 2 aromatic rings.